The predicted molar refractivity (Wildman–Crippen MR) is 105 cm³/mol. The first-order valence-corrected chi connectivity index (χ1v) is 9.32. The van der Waals surface area contributed by atoms with E-state index in [-0.39, 0.29) is 36.0 Å². The third-order valence-corrected chi connectivity index (χ3v) is 5.10. The van der Waals surface area contributed by atoms with Gasteiger partial charge in [0, 0.05) is 12.1 Å². The van der Waals surface area contributed by atoms with Gasteiger partial charge >= 0.3 is 0 Å². The van der Waals surface area contributed by atoms with Crippen LogP contribution in [-0.4, -0.2) is 55.0 Å². The lowest BCUT2D eigenvalue weighted by atomic mass is 10.2. The molecule has 3 heterocycles. The van der Waals surface area contributed by atoms with E-state index in [1.54, 1.807) is 0 Å². The number of hydrogen-bond acceptors (Lipinski definition) is 6. The Morgan fingerprint density at radius 2 is 2.10 bits per heavy atom. The Labute approximate surface area is 173 Å². The number of nitrogens with zero attached hydrogens (tertiary/aromatic N) is 5. The maximum absolute atomic E-state index is 14.1. The van der Waals surface area contributed by atoms with Gasteiger partial charge in [0.2, 0.25) is 11.8 Å². The number of alkyl halides is 1. The maximum atomic E-state index is 14.1. The molecule has 1 aliphatic heterocycles. The fourth-order valence-electron chi connectivity index (χ4n) is 3.36. The minimum absolute atomic E-state index is 0.0912. The highest BCUT2D eigenvalue weighted by atomic mass is 35.5. The second kappa shape index (κ2) is 7.82. The van der Waals surface area contributed by atoms with Crippen molar-refractivity contribution in [1.29, 1.82) is 0 Å². The van der Waals surface area contributed by atoms with Gasteiger partial charge in [0.25, 0.3) is 0 Å². The molecule has 4 rings (SSSR count). The molecule has 30 heavy (non-hydrogen) atoms. The van der Waals surface area contributed by atoms with E-state index in [1.807, 2.05) is 0 Å². The van der Waals surface area contributed by atoms with Crippen molar-refractivity contribution in [3.05, 3.63) is 41.7 Å². The van der Waals surface area contributed by atoms with Crippen molar-refractivity contribution in [2.24, 2.45) is 0 Å². The number of amides is 2. The van der Waals surface area contributed by atoms with Gasteiger partial charge in [-0.2, -0.15) is 0 Å². The van der Waals surface area contributed by atoms with Crippen LogP contribution in [0.15, 0.2) is 30.9 Å². The summed E-state index contributed by atoms with van der Waals surface area (Å²) in [5, 5.41) is 2.41. The van der Waals surface area contributed by atoms with Crippen LogP contribution in [0.1, 0.15) is 6.42 Å². The second-order valence-corrected chi connectivity index (χ2v) is 7.22. The molecule has 1 aromatic carbocycles. The summed E-state index contributed by atoms with van der Waals surface area (Å²) in [5.41, 5.74) is 6.59. The second-order valence-electron chi connectivity index (χ2n) is 6.82. The van der Waals surface area contributed by atoms with E-state index >= 15 is 0 Å². The van der Waals surface area contributed by atoms with Crippen LogP contribution in [0.5, 0.6) is 0 Å². The average molecular weight is 436 g/mol. The summed E-state index contributed by atoms with van der Waals surface area (Å²) < 4.78 is 29.1. The van der Waals surface area contributed by atoms with Crippen LogP contribution in [0.2, 0.25) is 5.02 Å². The Morgan fingerprint density at radius 1 is 1.30 bits per heavy atom. The Kier molecular flexibility index (Phi) is 5.20. The third kappa shape index (κ3) is 3.75. The summed E-state index contributed by atoms with van der Waals surface area (Å²) >= 11 is 5.63. The molecule has 2 atom stereocenters. The van der Waals surface area contributed by atoms with E-state index in [1.165, 1.54) is 29.4 Å². The minimum Gasteiger partial charge on any atom is -0.382 e. The number of benzene rings is 1. The molecule has 2 amide bonds. The molecule has 0 saturated carbocycles. The van der Waals surface area contributed by atoms with Gasteiger partial charge in [-0.25, -0.2) is 23.7 Å². The van der Waals surface area contributed by atoms with Crippen LogP contribution in [-0.2, 0) is 16.1 Å². The van der Waals surface area contributed by atoms with Crippen molar-refractivity contribution in [2.45, 2.75) is 25.2 Å². The Hall–Kier alpha value is -3.34. The Bertz CT molecular complexity index is 1140. The van der Waals surface area contributed by atoms with Crippen LogP contribution in [0, 0.1) is 5.82 Å². The van der Waals surface area contributed by atoms with Gasteiger partial charge in [-0.1, -0.05) is 11.6 Å². The summed E-state index contributed by atoms with van der Waals surface area (Å²) in [6.07, 6.45) is 1.11. The lowest BCUT2D eigenvalue weighted by Gasteiger charge is -2.24. The molecule has 0 spiro atoms. The predicted octanol–water partition coefficient (Wildman–Crippen LogP) is 1.78. The number of fused-ring (bicyclic) bond motifs is 1. The van der Waals surface area contributed by atoms with Gasteiger partial charge in [-0.05, 0) is 18.2 Å². The van der Waals surface area contributed by atoms with Crippen LogP contribution < -0.4 is 11.1 Å². The van der Waals surface area contributed by atoms with Crippen molar-refractivity contribution in [3.63, 3.8) is 0 Å². The fraction of sp³-hybridized carbons (Fsp3) is 0.278. The lowest BCUT2D eigenvalue weighted by molar-refractivity contribution is -0.137. The van der Waals surface area contributed by atoms with Crippen molar-refractivity contribution < 1.29 is 18.4 Å². The van der Waals surface area contributed by atoms with Gasteiger partial charge in [0.05, 0.1) is 17.9 Å². The van der Waals surface area contributed by atoms with E-state index in [9.17, 15) is 18.4 Å². The molecular weight excluding hydrogens is 420 g/mol. The summed E-state index contributed by atoms with van der Waals surface area (Å²) in [7, 11) is 0. The van der Waals surface area contributed by atoms with Crippen LogP contribution >= 0.6 is 11.6 Å². The Morgan fingerprint density at radius 3 is 2.87 bits per heavy atom. The number of carbonyl (C=O) groups excluding carboxylic acids is 2. The molecule has 3 N–H and O–H groups in total. The summed E-state index contributed by atoms with van der Waals surface area (Å²) in [6, 6.07) is 2.72. The monoisotopic (exact) mass is 435 g/mol. The maximum Gasteiger partial charge on any atom is 0.247 e. The van der Waals surface area contributed by atoms with Gasteiger partial charge in [0.15, 0.2) is 11.5 Å². The zero-order valence-electron chi connectivity index (χ0n) is 15.4. The molecule has 9 nitrogen and oxygen atoms in total. The molecule has 1 aliphatic rings. The first-order valence-electron chi connectivity index (χ1n) is 8.94. The molecule has 0 aliphatic carbocycles. The Balaban J connectivity index is 1.51. The number of likely N-dealkylation sites (tertiary alicyclic amines) is 1. The van der Waals surface area contributed by atoms with Crippen molar-refractivity contribution in [3.8, 4) is 0 Å². The number of anilines is 2. The van der Waals surface area contributed by atoms with Gasteiger partial charge in [0.1, 0.15) is 36.4 Å². The number of halogens is 3. The topological polar surface area (TPSA) is 119 Å². The summed E-state index contributed by atoms with van der Waals surface area (Å²) in [6.45, 7) is -0.436. The molecule has 1 saturated heterocycles. The highest BCUT2D eigenvalue weighted by Gasteiger charge is 2.40. The summed E-state index contributed by atoms with van der Waals surface area (Å²) in [5.74, 6) is -1.64. The van der Waals surface area contributed by atoms with E-state index in [0.717, 1.165) is 11.0 Å². The highest BCUT2D eigenvalue weighted by molar-refractivity contribution is 6.30. The van der Waals surface area contributed by atoms with Crippen molar-refractivity contribution >= 4 is 46.1 Å². The highest BCUT2D eigenvalue weighted by Crippen LogP contribution is 2.24. The van der Waals surface area contributed by atoms with Crippen LogP contribution in [0.3, 0.4) is 0 Å². The van der Waals surface area contributed by atoms with Gasteiger partial charge in [-0.3, -0.25) is 9.59 Å². The minimum atomic E-state index is -1.36. The summed E-state index contributed by atoms with van der Waals surface area (Å²) in [4.78, 5) is 38.6. The average Bonchev–Trinajstić information content (AvgIpc) is 3.29. The third-order valence-electron chi connectivity index (χ3n) is 4.80. The molecular formula is C18H16ClF2N7O2. The van der Waals surface area contributed by atoms with Crippen molar-refractivity contribution in [2.75, 3.05) is 17.6 Å². The number of nitrogen functional groups attached to an aromatic ring is 1. The zero-order chi connectivity index (χ0) is 21.4. The largest absolute Gasteiger partial charge is 0.382 e. The number of carbonyl (C=O) groups is 2. The molecule has 0 bridgehead atoms. The first kappa shape index (κ1) is 20.0. The molecule has 2 aromatic heterocycles. The van der Waals surface area contributed by atoms with Gasteiger partial charge < -0.3 is 20.5 Å². The normalized spacial score (nSPS) is 18.7. The van der Waals surface area contributed by atoms with E-state index < -0.39 is 29.8 Å². The van der Waals surface area contributed by atoms with Gasteiger partial charge in [-0.15, -0.1) is 0 Å². The number of aromatic nitrogens is 4. The number of imidazole rings is 1. The lowest BCUT2D eigenvalue weighted by Crippen LogP contribution is -2.44. The molecule has 1 fully saturated rings. The van der Waals surface area contributed by atoms with E-state index in [4.69, 9.17) is 17.3 Å². The smallest absolute Gasteiger partial charge is 0.247 e. The number of nitrogens with one attached hydrogen (secondary N) is 1. The van der Waals surface area contributed by atoms with Crippen molar-refractivity contribution in [1.82, 2.24) is 24.4 Å². The molecule has 12 heteroatoms. The molecule has 156 valence electrons. The number of hydrogen-bond donors (Lipinski definition) is 2. The van der Waals surface area contributed by atoms with E-state index in [0.29, 0.717) is 11.2 Å². The number of rotatable bonds is 4. The first-order chi connectivity index (χ1) is 14.3. The fourth-order valence-corrected chi connectivity index (χ4v) is 3.48. The SMILES string of the molecule is Nc1ncnc2c1ncn2CC(=O)N1C[C@H](F)C[C@H]1C(=O)Nc1ccc(Cl)c(F)c1. The van der Waals surface area contributed by atoms with Crippen LogP contribution in [0.25, 0.3) is 11.2 Å². The molecule has 0 unspecified atom stereocenters. The van der Waals surface area contributed by atoms with E-state index in [2.05, 4.69) is 20.3 Å². The number of nitrogens with two attached hydrogens (primary N) is 1. The molecule has 0 radical (unpaired) electrons. The molecule has 3 aromatic rings. The van der Waals surface area contributed by atoms with Crippen LogP contribution in [0.4, 0.5) is 20.3 Å². The zero-order valence-corrected chi connectivity index (χ0v) is 16.2. The quantitative estimate of drug-likeness (QED) is 0.644. The standard InChI is InChI=1S/C18H16ClF2N7O2/c19-11-2-1-10(4-12(11)21)26-18(30)13-3-9(20)5-28(13)14(29)6-27-8-25-15-16(22)23-7-24-17(15)27/h1-2,4,7-9,13H,3,5-6H2,(H,26,30)(H2,22,23,24)/t9-,13+/m1/s1.